The summed E-state index contributed by atoms with van der Waals surface area (Å²) in [7, 11) is 0. The quantitative estimate of drug-likeness (QED) is 0.328. The van der Waals surface area contributed by atoms with Crippen molar-refractivity contribution < 1.29 is 14.8 Å². The molecule has 10 heteroatoms. The number of phenols is 1. The number of anilines is 1. The van der Waals surface area contributed by atoms with Gasteiger partial charge in [0.1, 0.15) is 5.75 Å². The Balaban J connectivity index is 1.68. The SMILES string of the molecule is Cc1ccc(NC(=O)[C@@H](C)Sc2n[nH]c(-c3ccccc3O)n2)cc1[N+](=O)[O-]. The van der Waals surface area contributed by atoms with Crippen molar-refractivity contribution in [2.24, 2.45) is 0 Å². The summed E-state index contributed by atoms with van der Waals surface area (Å²) in [5.74, 6) is 0.126. The van der Waals surface area contributed by atoms with Crippen molar-refractivity contribution in [1.29, 1.82) is 0 Å². The van der Waals surface area contributed by atoms with Crippen molar-refractivity contribution in [3.8, 4) is 17.1 Å². The number of aryl methyl sites for hydroxylation is 1. The summed E-state index contributed by atoms with van der Waals surface area (Å²) in [4.78, 5) is 27.2. The molecule has 144 valence electrons. The summed E-state index contributed by atoms with van der Waals surface area (Å²) >= 11 is 1.12. The molecule has 0 aliphatic carbocycles. The lowest BCUT2D eigenvalue weighted by Gasteiger charge is -2.10. The van der Waals surface area contributed by atoms with E-state index in [0.717, 1.165) is 11.8 Å². The van der Waals surface area contributed by atoms with Gasteiger partial charge < -0.3 is 10.4 Å². The maximum Gasteiger partial charge on any atom is 0.274 e. The minimum Gasteiger partial charge on any atom is -0.507 e. The second kappa shape index (κ2) is 8.09. The summed E-state index contributed by atoms with van der Waals surface area (Å²) in [6, 6.07) is 11.2. The molecule has 3 aromatic rings. The Bertz CT molecular complexity index is 1040. The summed E-state index contributed by atoms with van der Waals surface area (Å²) < 4.78 is 0. The van der Waals surface area contributed by atoms with E-state index < -0.39 is 10.2 Å². The third kappa shape index (κ3) is 4.29. The zero-order chi connectivity index (χ0) is 20.3. The van der Waals surface area contributed by atoms with Crippen LogP contribution in [0.5, 0.6) is 5.75 Å². The highest BCUT2D eigenvalue weighted by Crippen LogP contribution is 2.29. The molecule has 1 atom stereocenters. The van der Waals surface area contributed by atoms with E-state index in [1.807, 2.05) is 0 Å². The predicted octanol–water partition coefficient (Wildman–Crippen LogP) is 3.51. The Morgan fingerprint density at radius 2 is 2.07 bits per heavy atom. The number of hydrogen-bond acceptors (Lipinski definition) is 7. The molecule has 0 fully saturated rings. The second-order valence-corrected chi connectivity index (χ2v) is 7.30. The van der Waals surface area contributed by atoms with Crippen LogP contribution in [0.15, 0.2) is 47.6 Å². The van der Waals surface area contributed by atoms with Crippen LogP contribution in [0.4, 0.5) is 11.4 Å². The van der Waals surface area contributed by atoms with Gasteiger partial charge in [-0.05, 0) is 32.0 Å². The molecule has 0 aliphatic rings. The number of carbonyl (C=O) groups is 1. The number of nitro groups is 1. The van der Waals surface area contributed by atoms with Crippen molar-refractivity contribution in [2.45, 2.75) is 24.3 Å². The first-order valence-electron chi connectivity index (χ1n) is 8.28. The summed E-state index contributed by atoms with van der Waals surface area (Å²) in [5, 5.41) is 30.2. The number of thioether (sulfide) groups is 1. The van der Waals surface area contributed by atoms with E-state index in [4.69, 9.17) is 0 Å². The van der Waals surface area contributed by atoms with E-state index in [9.17, 15) is 20.0 Å². The Morgan fingerprint density at radius 3 is 2.79 bits per heavy atom. The van der Waals surface area contributed by atoms with Gasteiger partial charge in [0.2, 0.25) is 11.1 Å². The van der Waals surface area contributed by atoms with Crippen LogP contribution in [0, 0.1) is 17.0 Å². The fourth-order valence-electron chi connectivity index (χ4n) is 2.43. The van der Waals surface area contributed by atoms with Crippen LogP contribution in [-0.4, -0.2) is 36.4 Å². The van der Waals surface area contributed by atoms with E-state index in [1.165, 1.54) is 6.07 Å². The van der Waals surface area contributed by atoms with Gasteiger partial charge in [0.25, 0.3) is 5.69 Å². The highest BCUT2D eigenvalue weighted by Gasteiger charge is 2.19. The van der Waals surface area contributed by atoms with Crippen LogP contribution in [0.1, 0.15) is 12.5 Å². The second-order valence-electron chi connectivity index (χ2n) is 5.99. The fraction of sp³-hybridized carbons (Fsp3) is 0.167. The largest absolute Gasteiger partial charge is 0.507 e. The van der Waals surface area contributed by atoms with Gasteiger partial charge >= 0.3 is 0 Å². The lowest BCUT2D eigenvalue weighted by molar-refractivity contribution is -0.385. The molecule has 0 saturated heterocycles. The first kappa shape index (κ1) is 19.4. The third-order valence-electron chi connectivity index (χ3n) is 3.95. The van der Waals surface area contributed by atoms with Gasteiger partial charge in [0, 0.05) is 17.3 Å². The topological polar surface area (TPSA) is 134 Å². The van der Waals surface area contributed by atoms with E-state index >= 15 is 0 Å². The molecule has 3 rings (SSSR count). The van der Waals surface area contributed by atoms with Crippen molar-refractivity contribution >= 4 is 29.0 Å². The number of aromatic hydroxyl groups is 1. The van der Waals surface area contributed by atoms with E-state index in [0.29, 0.717) is 27.8 Å². The van der Waals surface area contributed by atoms with Crippen LogP contribution < -0.4 is 5.32 Å². The van der Waals surface area contributed by atoms with Gasteiger partial charge in [-0.1, -0.05) is 30.0 Å². The van der Waals surface area contributed by atoms with Crippen LogP contribution in [0.2, 0.25) is 0 Å². The van der Waals surface area contributed by atoms with Crippen LogP contribution in [0.3, 0.4) is 0 Å². The Hall–Kier alpha value is -3.40. The maximum absolute atomic E-state index is 12.4. The van der Waals surface area contributed by atoms with Gasteiger partial charge in [-0.2, -0.15) is 0 Å². The zero-order valence-electron chi connectivity index (χ0n) is 15.0. The number of amides is 1. The lowest BCUT2D eigenvalue weighted by Crippen LogP contribution is -2.22. The summed E-state index contributed by atoms with van der Waals surface area (Å²) in [6.07, 6.45) is 0. The average molecular weight is 399 g/mol. The molecule has 0 saturated carbocycles. The van der Waals surface area contributed by atoms with Gasteiger partial charge in [-0.3, -0.25) is 20.0 Å². The number of nitro benzene ring substituents is 1. The number of carbonyl (C=O) groups excluding carboxylic acids is 1. The number of nitrogens with one attached hydrogen (secondary N) is 2. The molecule has 0 bridgehead atoms. The summed E-state index contributed by atoms with van der Waals surface area (Å²) in [5.41, 5.74) is 1.31. The molecule has 0 unspecified atom stereocenters. The number of nitrogens with zero attached hydrogens (tertiary/aromatic N) is 3. The van der Waals surface area contributed by atoms with Crippen molar-refractivity contribution in [1.82, 2.24) is 15.2 Å². The van der Waals surface area contributed by atoms with E-state index in [-0.39, 0.29) is 17.3 Å². The standard InChI is InChI=1S/C18H17N5O4S/c1-10-7-8-12(9-14(10)23(26)27)19-17(25)11(2)28-18-20-16(21-22-18)13-5-3-4-6-15(13)24/h3-9,11,24H,1-2H3,(H,19,25)(H,20,21,22)/t11-/m1/s1. The number of H-pyrrole nitrogens is 1. The Labute approximate surface area is 164 Å². The molecule has 0 radical (unpaired) electrons. The van der Waals surface area contributed by atoms with Gasteiger partial charge in [0.05, 0.1) is 15.7 Å². The first-order chi connectivity index (χ1) is 13.3. The van der Waals surface area contributed by atoms with Crippen molar-refractivity contribution in [3.05, 3.63) is 58.1 Å². The molecule has 1 aromatic heterocycles. The first-order valence-corrected chi connectivity index (χ1v) is 9.16. The van der Waals surface area contributed by atoms with Gasteiger partial charge in [-0.15, -0.1) is 5.10 Å². The minimum absolute atomic E-state index is 0.0561. The van der Waals surface area contributed by atoms with Crippen LogP contribution in [0.25, 0.3) is 11.4 Å². The van der Waals surface area contributed by atoms with Crippen molar-refractivity contribution in [3.63, 3.8) is 0 Å². The number of benzene rings is 2. The minimum atomic E-state index is -0.548. The van der Waals surface area contributed by atoms with Crippen molar-refractivity contribution in [2.75, 3.05) is 5.32 Å². The average Bonchev–Trinajstić information content (AvgIpc) is 3.11. The zero-order valence-corrected chi connectivity index (χ0v) is 15.9. The lowest BCUT2D eigenvalue weighted by atomic mass is 10.2. The third-order valence-corrected chi connectivity index (χ3v) is 4.91. The molecule has 3 N–H and O–H groups in total. The van der Waals surface area contributed by atoms with Gasteiger partial charge in [0.15, 0.2) is 5.82 Å². The number of phenolic OH excluding ortho intramolecular Hbond substituents is 1. The monoisotopic (exact) mass is 399 g/mol. The number of aromatic nitrogens is 3. The maximum atomic E-state index is 12.4. The van der Waals surface area contributed by atoms with E-state index in [2.05, 4.69) is 20.5 Å². The molecule has 1 heterocycles. The van der Waals surface area contributed by atoms with Gasteiger partial charge in [-0.25, -0.2) is 4.98 Å². The Morgan fingerprint density at radius 1 is 1.32 bits per heavy atom. The highest BCUT2D eigenvalue weighted by atomic mass is 32.2. The van der Waals surface area contributed by atoms with Crippen LogP contribution >= 0.6 is 11.8 Å². The smallest absolute Gasteiger partial charge is 0.274 e. The van der Waals surface area contributed by atoms with Crippen LogP contribution in [-0.2, 0) is 4.79 Å². The number of hydrogen-bond donors (Lipinski definition) is 3. The number of para-hydroxylation sites is 1. The number of aromatic amines is 1. The molecule has 2 aromatic carbocycles. The molecular weight excluding hydrogens is 382 g/mol. The normalized spacial score (nSPS) is 11.8. The molecule has 1 amide bonds. The highest BCUT2D eigenvalue weighted by molar-refractivity contribution is 8.00. The molecular formula is C18H17N5O4S. The number of rotatable bonds is 6. The molecule has 0 spiro atoms. The predicted molar refractivity (Wildman–Crippen MR) is 105 cm³/mol. The fourth-order valence-corrected chi connectivity index (χ4v) is 3.16. The molecule has 28 heavy (non-hydrogen) atoms. The molecule has 0 aliphatic heterocycles. The molecule has 9 nitrogen and oxygen atoms in total. The Kier molecular flexibility index (Phi) is 5.59. The van der Waals surface area contributed by atoms with E-state index in [1.54, 1.807) is 50.2 Å². The summed E-state index contributed by atoms with van der Waals surface area (Å²) in [6.45, 7) is 3.31.